The molecule has 0 bridgehead atoms. The van der Waals surface area contributed by atoms with Gasteiger partial charge in [-0.05, 0) is 38.0 Å². The van der Waals surface area contributed by atoms with Gasteiger partial charge in [0.15, 0.2) is 0 Å². The van der Waals surface area contributed by atoms with Gasteiger partial charge in [0.1, 0.15) is 5.75 Å². The smallest absolute Gasteiger partial charge is 0.119 e. The molecule has 1 rings (SSSR count). The van der Waals surface area contributed by atoms with E-state index in [9.17, 15) is 0 Å². The van der Waals surface area contributed by atoms with Crippen LogP contribution in [0.4, 0.5) is 0 Å². The van der Waals surface area contributed by atoms with Crippen LogP contribution in [0, 0.1) is 6.07 Å². The molecule has 2 nitrogen and oxygen atoms in total. The van der Waals surface area contributed by atoms with E-state index in [1.54, 1.807) is 0 Å². The zero-order valence-corrected chi connectivity index (χ0v) is 8.66. The molecule has 14 heavy (non-hydrogen) atoms. The second kappa shape index (κ2) is 7.39. The average molecular weight is 193 g/mol. The van der Waals surface area contributed by atoms with Crippen molar-refractivity contribution < 1.29 is 9.47 Å². The van der Waals surface area contributed by atoms with Crippen molar-refractivity contribution in [3.8, 4) is 5.75 Å². The lowest BCUT2D eigenvalue weighted by Gasteiger charge is -2.05. The quantitative estimate of drug-likeness (QED) is 0.620. The lowest BCUT2D eigenvalue weighted by Crippen LogP contribution is -2.00. The average Bonchev–Trinajstić information content (AvgIpc) is 2.25. The lowest BCUT2D eigenvalue weighted by molar-refractivity contribution is 0.138. The van der Waals surface area contributed by atoms with Crippen molar-refractivity contribution in [2.45, 2.75) is 19.8 Å². The van der Waals surface area contributed by atoms with Crippen LogP contribution in [-0.2, 0) is 4.74 Å². The molecule has 0 atom stereocenters. The van der Waals surface area contributed by atoms with E-state index in [1.165, 1.54) is 0 Å². The largest absolute Gasteiger partial charge is 0.494 e. The third-order valence-corrected chi connectivity index (χ3v) is 1.83. The first-order chi connectivity index (χ1) is 6.93. The molecule has 0 amide bonds. The van der Waals surface area contributed by atoms with Gasteiger partial charge in [0.2, 0.25) is 0 Å². The molecule has 0 aliphatic rings. The van der Waals surface area contributed by atoms with Crippen molar-refractivity contribution in [1.29, 1.82) is 0 Å². The summed E-state index contributed by atoms with van der Waals surface area (Å²) in [5, 5.41) is 0. The minimum Gasteiger partial charge on any atom is -0.494 e. The highest BCUT2D eigenvalue weighted by molar-refractivity contribution is 5.19. The summed E-state index contributed by atoms with van der Waals surface area (Å²) in [6.45, 7) is 4.40. The lowest BCUT2D eigenvalue weighted by atomic mass is 10.3. The molecule has 2 heteroatoms. The summed E-state index contributed by atoms with van der Waals surface area (Å²) in [7, 11) is 0. The minimum absolute atomic E-state index is 0.755. The number of hydrogen-bond acceptors (Lipinski definition) is 2. The number of ether oxygens (including phenoxy) is 2. The first kappa shape index (κ1) is 11.1. The molecule has 0 saturated carbocycles. The van der Waals surface area contributed by atoms with Crippen molar-refractivity contribution >= 4 is 0 Å². The van der Waals surface area contributed by atoms with Crippen molar-refractivity contribution in [2.24, 2.45) is 0 Å². The molecule has 0 heterocycles. The van der Waals surface area contributed by atoms with Crippen LogP contribution >= 0.6 is 0 Å². The summed E-state index contributed by atoms with van der Waals surface area (Å²) in [5.74, 6) is 0.893. The van der Waals surface area contributed by atoms with Crippen LogP contribution in [0.2, 0.25) is 0 Å². The molecule has 0 unspecified atom stereocenters. The maximum atomic E-state index is 5.50. The molecule has 1 aromatic rings. The maximum absolute atomic E-state index is 5.50. The van der Waals surface area contributed by atoms with E-state index in [1.807, 2.05) is 31.2 Å². The molecule has 0 aromatic heterocycles. The summed E-state index contributed by atoms with van der Waals surface area (Å²) in [6, 6.07) is 10.6. The van der Waals surface area contributed by atoms with Gasteiger partial charge >= 0.3 is 0 Å². The normalized spacial score (nSPS) is 10.1. The molecular weight excluding hydrogens is 176 g/mol. The van der Waals surface area contributed by atoms with Gasteiger partial charge in [0, 0.05) is 13.2 Å². The predicted molar refractivity (Wildman–Crippen MR) is 56.5 cm³/mol. The van der Waals surface area contributed by atoms with Crippen LogP contribution in [0.15, 0.2) is 24.3 Å². The first-order valence-electron chi connectivity index (χ1n) is 5.10. The molecule has 0 aliphatic carbocycles. The van der Waals surface area contributed by atoms with E-state index in [2.05, 4.69) is 6.07 Å². The van der Waals surface area contributed by atoms with Crippen molar-refractivity contribution in [1.82, 2.24) is 0 Å². The maximum Gasteiger partial charge on any atom is 0.119 e. The summed E-state index contributed by atoms with van der Waals surface area (Å²) < 4.78 is 10.7. The Morgan fingerprint density at radius 1 is 1.29 bits per heavy atom. The highest BCUT2D eigenvalue weighted by Crippen LogP contribution is 2.08. The van der Waals surface area contributed by atoms with Gasteiger partial charge in [0.25, 0.3) is 0 Å². The van der Waals surface area contributed by atoms with Gasteiger partial charge in [-0.25, -0.2) is 0 Å². The van der Waals surface area contributed by atoms with Gasteiger partial charge < -0.3 is 9.47 Å². The van der Waals surface area contributed by atoms with E-state index < -0.39 is 0 Å². The van der Waals surface area contributed by atoms with Crippen LogP contribution in [0.3, 0.4) is 0 Å². The zero-order chi connectivity index (χ0) is 10.1. The molecule has 0 aliphatic heterocycles. The van der Waals surface area contributed by atoms with E-state index in [4.69, 9.17) is 9.47 Å². The molecule has 0 saturated heterocycles. The molecule has 0 N–H and O–H groups in total. The van der Waals surface area contributed by atoms with Crippen molar-refractivity contribution in [3.05, 3.63) is 30.3 Å². The Labute approximate surface area is 85.8 Å². The van der Waals surface area contributed by atoms with Crippen LogP contribution in [0.25, 0.3) is 0 Å². The van der Waals surface area contributed by atoms with E-state index in [0.29, 0.717) is 0 Å². The molecule has 0 spiro atoms. The van der Waals surface area contributed by atoms with Crippen LogP contribution < -0.4 is 4.74 Å². The number of rotatable bonds is 7. The SMILES string of the molecule is CCOCCCCOc1c[c]ccc1. The fourth-order valence-electron chi connectivity index (χ4n) is 1.11. The first-order valence-corrected chi connectivity index (χ1v) is 5.10. The fraction of sp³-hybridized carbons (Fsp3) is 0.500. The van der Waals surface area contributed by atoms with Crippen molar-refractivity contribution in [2.75, 3.05) is 19.8 Å². The Kier molecular flexibility index (Phi) is 5.84. The third-order valence-electron chi connectivity index (χ3n) is 1.83. The van der Waals surface area contributed by atoms with E-state index >= 15 is 0 Å². The highest BCUT2D eigenvalue weighted by Gasteiger charge is 1.91. The number of benzene rings is 1. The number of hydrogen-bond donors (Lipinski definition) is 0. The Morgan fingerprint density at radius 2 is 2.14 bits per heavy atom. The second-order valence-electron chi connectivity index (χ2n) is 2.99. The van der Waals surface area contributed by atoms with Gasteiger partial charge in [-0.3, -0.25) is 0 Å². The zero-order valence-electron chi connectivity index (χ0n) is 8.66. The summed E-state index contributed by atoms with van der Waals surface area (Å²) in [4.78, 5) is 0. The summed E-state index contributed by atoms with van der Waals surface area (Å²) >= 11 is 0. The molecule has 77 valence electrons. The highest BCUT2D eigenvalue weighted by atomic mass is 16.5. The molecule has 1 radical (unpaired) electrons. The third kappa shape index (κ3) is 4.87. The van der Waals surface area contributed by atoms with Gasteiger partial charge in [-0.1, -0.05) is 12.1 Å². The van der Waals surface area contributed by atoms with E-state index in [0.717, 1.165) is 38.4 Å². The van der Waals surface area contributed by atoms with Gasteiger partial charge in [-0.15, -0.1) is 0 Å². The van der Waals surface area contributed by atoms with Gasteiger partial charge in [0.05, 0.1) is 6.61 Å². The minimum atomic E-state index is 0.755. The van der Waals surface area contributed by atoms with Gasteiger partial charge in [-0.2, -0.15) is 0 Å². The second-order valence-corrected chi connectivity index (χ2v) is 2.99. The van der Waals surface area contributed by atoms with Crippen LogP contribution in [0.1, 0.15) is 19.8 Å². The monoisotopic (exact) mass is 193 g/mol. The van der Waals surface area contributed by atoms with Crippen LogP contribution in [-0.4, -0.2) is 19.8 Å². The molecule has 0 fully saturated rings. The Hall–Kier alpha value is -1.02. The predicted octanol–water partition coefficient (Wildman–Crippen LogP) is 2.68. The summed E-state index contributed by atoms with van der Waals surface area (Å²) in [5.41, 5.74) is 0. The Balaban J connectivity index is 1.99. The Morgan fingerprint density at radius 3 is 2.86 bits per heavy atom. The van der Waals surface area contributed by atoms with Crippen LogP contribution in [0.5, 0.6) is 5.75 Å². The topological polar surface area (TPSA) is 18.5 Å². The number of unbranched alkanes of at least 4 members (excludes halogenated alkanes) is 1. The Bertz CT molecular complexity index is 221. The molecular formula is C12H17O2. The molecule has 1 aromatic carbocycles. The van der Waals surface area contributed by atoms with E-state index in [-0.39, 0.29) is 0 Å². The standard InChI is InChI=1S/C12H17O2/c1-2-13-10-6-7-11-14-12-8-4-3-5-9-12/h3-4,8-9H,2,6-7,10-11H2,1H3. The fourth-order valence-corrected chi connectivity index (χ4v) is 1.11. The summed E-state index contributed by atoms with van der Waals surface area (Å²) in [6.07, 6.45) is 2.10. The van der Waals surface area contributed by atoms with Crippen molar-refractivity contribution in [3.63, 3.8) is 0 Å².